The summed E-state index contributed by atoms with van der Waals surface area (Å²) in [6.45, 7) is 4.48. The molecule has 0 aliphatic heterocycles. The summed E-state index contributed by atoms with van der Waals surface area (Å²) in [5.74, 6) is 0.734. The molecule has 0 aromatic carbocycles. The molecule has 1 unspecified atom stereocenters. The molecule has 0 aliphatic rings. The smallest absolute Gasteiger partial charge is 0.133 e. The molecule has 0 fully saturated rings. The van der Waals surface area contributed by atoms with Crippen molar-refractivity contribution in [2.24, 2.45) is 5.92 Å². The zero-order chi connectivity index (χ0) is 12.9. The highest BCUT2D eigenvalue weighted by atomic mass is 35.5. The molecule has 0 aliphatic carbocycles. The van der Waals surface area contributed by atoms with Gasteiger partial charge in [0.2, 0.25) is 0 Å². The third-order valence-corrected chi connectivity index (χ3v) is 2.67. The van der Waals surface area contributed by atoms with Gasteiger partial charge in [0.25, 0.3) is 0 Å². The fourth-order valence-electron chi connectivity index (χ4n) is 1.37. The molecule has 0 N–H and O–H groups in total. The number of alkyl halides is 1. The predicted molar refractivity (Wildman–Crippen MR) is 67.6 cm³/mol. The molecule has 102 valence electrons. The number of halogens is 1. The molecule has 0 bridgehead atoms. The van der Waals surface area contributed by atoms with E-state index < -0.39 is 0 Å². The minimum atomic E-state index is 0.0295. The van der Waals surface area contributed by atoms with Crippen molar-refractivity contribution in [1.82, 2.24) is 0 Å². The molecule has 0 amide bonds. The van der Waals surface area contributed by atoms with Gasteiger partial charge in [0.15, 0.2) is 0 Å². The van der Waals surface area contributed by atoms with E-state index in [1.54, 1.807) is 14.0 Å². The summed E-state index contributed by atoms with van der Waals surface area (Å²) in [5.41, 5.74) is 0. The van der Waals surface area contributed by atoms with Crippen LogP contribution in [-0.2, 0) is 19.0 Å². The number of rotatable bonds is 12. The van der Waals surface area contributed by atoms with Crippen LogP contribution in [0.25, 0.3) is 0 Å². The summed E-state index contributed by atoms with van der Waals surface area (Å²) in [5, 5.41) is 0. The Balaban J connectivity index is 3.33. The molecule has 4 nitrogen and oxygen atoms in total. The van der Waals surface area contributed by atoms with Crippen LogP contribution in [0.2, 0.25) is 0 Å². The largest absolute Gasteiger partial charge is 0.382 e. The first-order chi connectivity index (χ1) is 8.22. The summed E-state index contributed by atoms with van der Waals surface area (Å²) < 4.78 is 15.5. The molecular weight excluding hydrogens is 244 g/mol. The van der Waals surface area contributed by atoms with Gasteiger partial charge in [-0.15, -0.1) is 11.6 Å². The van der Waals surface area contributed by atoms with Crippen LogP contribution in [0, 0.1) is 5.92 Å². The Labute approximate surface area is 109 Å². The molecule has 0 aromatic rings. The van der Waals surface area contributed by atoms with Gasteiger partial charge in [-0.25, -0.2) is 0 Å². The fraction of sp³-hybridized carbons (Fsp3) is 0.917. The van der Waals surface area contributed by atoms with Gasteiger partial charge in [0, 0.05) is 25.5 Å². The van der Waals surface area contributed by atoms with Crippen LogP contribution in [0.3, 0.4) is 0 Å². The van der Waals surface area contributed by atoms with E-state index in [1.165, 1.54) is 0 Å². The van der Waals surface area contributed by atoms with Crippen LogP contribution in [0.15, 0.2) is 0 Å². The van der Waals surface area contributed by atoms with Gasteiger partial charge < -0.3 is 14.2 Å². The van der Waals surface area contributed by atoms with E-state index in [4.69, 9.17) is 25.8 Å². The first-order valence-electron chi connectivity index (χ1n) is 5.93. The van der Waals surface area contributed by atoms with Gasteiger partial charge in [-0.1, -0.05) is 0 Å². The Kier molecular flexibility index (Phi) is 12.2. The minimum Gasteiger partial charge on any atom is -0.382 e. The maximum Gasteiger partial charge on any atom is 0.133 e. The lowest BCUT2D eigenvalue weighted by Crippen LogP contribution is -2.15. The van der Waals surface area contributed by atoms with Crippen LogP contribution < -0.4 is 0 Å². The average Bonchev–Trinajstić information content (AvgIpc) is 2.31. The van der Waals surface area contributed by atoms with Crippen LogP contribution >= 0.6 is 11.6 Å². The number of carbonyl (C=O) groups excluding carboxylic acids is 1. The lowest BCUT2D eigenvalue weighted by molar-refractivity contribution is -0.121. The molecule has 0 saturated heterocycles. The Morgan fingerprint density at radius 2 is 1.65 bits per heavy atom. The maximum atomic E-state index is 11.2. The van der Waals surface area contributed by atoms with Crippen molar-refractivity contribution >= 4 is 17.4 Å². The molecule has 0 radical (unpaired) electrons. The zero-order valence-corrected chi connectivity index (χ0v) is 11.5. The predicted octanol–water partition coefficient (Wildman–Crippen LogP) is 1.89. The quantitative estimate of drug-likeness (QED) is 0.400. The zero-order valence-electron chi connectivity index (χ0n) is 10.7. The van der Waals surface area contributed by atoms with Crippen molar-refractivity contribution in [3.05, 3.63) is 0 Å². The van der Waals surface area contributed by atoms with Crippen LogP contribution in [0.4, 0.5) is 0 Å². The standard InChI is InChI=1S/C12H23ClO4/c1-11(14)12(3-5-13)4-6-16-9-10-17-8-7-15-2/h12H,3-10H2,1-2H3. The Morgan fingerprint density at radius 1 is 1.06 bits per heavy atom. The van der Waals surface area contributed by atoms with Crippen molar-refractivity contribution < 1.29 is 19.0 Å². The van der Waals surface area contributed by atoms with Crippen molar-refractivity contribution in [2.45, 2.75) is 19.8 Å². The summed E-state index contributed by atoms with van der Waals surface area (Å²) in [6, 6.07) is 0. The summed E-state index contributed by atoms with van der Waals surface area (Å²) in [6.07, 6.45) is 1.46. The first-order valence-corrected chi connectivity index (χ1v) is 6.46. The molecule has 0 spiro atoms. The second-order valence-electron chi connectivity index (χ2n) is 3.79. The second kappa shape index (κ2) is 12.3. The highest BCUT2D eigenvalue weighted by molar-refractivity contribution is 6.18. The number of carbonyl (C=O) groups is 1. The number of hydrogen-bond acceptors (Lipinski definition) is 4. The summed E-state index contributed by atoms with van der Waals surface area (Å²) >= 11 is 5.63. The van der Waals surface area contributed by atoms with Gasteiger partial charge >= 0.3 is 0 Å². The number of ether oxygens (including phenoxy) is 3. The minimum absolute atomic E-state index is 0.0295. The van der Waals surface area contributed by atoms with Crippen molar-refractivity contribution in [3.63, 3.8) is 0 Å². The normalized spacial score (nSPS) is 12.6. The lowest BCUT2D eigenvalue weighted by Gasteiger charge is -2.12. The molecule has 5 heteroatoms. The van der Waals surface area contributed by atoms with Gasteiger partial charge in [-0.2, -0.15) is 0 Å². The molecule has 0 saturated carbocycles. The third kappa shape index (κ3) is 10.7. The van der Waals surface area contributed by atoms with Gasteiger partial charge in [0.1, 0.15) is 5.78 Å². The van der Waals surface area contributed by atoms with Crippen molar-refractivity contribution in [1.29, 1.82) is 0 Å². The van der Waals surface area contributed by atoms with E-state index in [0.29, 0.717) is 38.9 Å². The molecule has 1 atom stereocenters. The number of methoxy groups -OCH3 is 1. The maximum absolute atomic E-state index is 11.2. The number of hydrogen-bond donors (Lipinski definition) is 0. The van der Waals surface area contributed by atoms with E-state index in [0.717, 1.165) is 12.8 Å². The number of Topliss-reactive ketones (excluding diaryl/α,β-unsaturated/α-hetero) is 1. The van der Waals surface area contributed by atoms with E-state index in [-0.39, 0.29) is 11.7 Å². The van der Waals surface area contributed by atoms with Gasteiger partial charge in [-0.3, -0.25) is 4.79 Å². The Morgan fingerprint density at radius 3 is 2.18 bits per heavy atom. The first kappa shape index (κ1) is 16.8. The van der Waals surface area contributed by atoms with Crippen LogP contribution in [0.1, 0.15) is 19.8 Å². The van der Waals surface area contributed by atoms with E-state index >= 15 is 0 Å². The average molecular weight is 267 g/mol. The van der Waals surface area contributed by atoms with E-state index in [9.17, 15) is 4.79 Å². The Hall–Kier alpha value is -0.160. The highest BCUT2D eigenvalue weighted by Crippen LogP contribution is 2.11. The summed E-state index contributed by atoms with van der Waals surface area (Å²) in [7, 11) is 1.64. The summed E-state index contributed by atoms with van der Waals surface area (Å²) in [4.78, 5) is 11.2. The molecule has 17 heavy (non-hydrogen) atoms. The lowest BCUT2D eigenvalue weighted by atomic mass is 9.99. The van der Waals surface area contributed by atoms with Crippen LogP contribution in [-0.4, -0.2) is 51.8 Å². The SMILES string of the molecule is COCCOCCOCCC(CCCl)C(C)=O. The van der Waals surface area contributed by atoms with Gasteiger partial charge in [-0.05, 0) is 19.8 Å². The monoisotopic (exact) mass is 266 g/mol. The second-order valence-corrected chi connectivity index (χ2v) is 4.17. The molecule has 0 heterocycles. The molecule has 0 aromatic heterocycles. The van der Waals surface area contributed by atoms with Crippen molar-refractivity contribution in [2.75, 3.05) is 46.0 Å². The molecular formula is C12H23ClO4. The van der Waals surface area contributed by atoms with Gasteiger partial charge in [0.05, 0.1) is 26.4 Å². The number of ketones is 1. The van der Waals surface area contributed by atoms with E-state index in [2.05, 4.69) is 0 Å². The molecule has 0 rings (SSSR count). The van der Waals surface area contributed by atoms with E-state index in [1.807, 2.05) is 0 Å². The van der Waals surface area contributed by atoms with Crippen molar-refractivity contribution in [3.8, 4) is 0 Å². The van der Waals surface area contributed by atoms with Crippen LogP contribution in [0.5, 0.6) is 0 Å². The third-order valence-electron chi connectivity index (χ3n) is 2.45. The highest BCUT2D eigenvalue weighted by Gasteiger charge is 2.12. The Bertz CT molecular complexity index is 187. The fourth-order valence-corrected chi connectivity index (χ4v) is 1.64. The topological polar surface area (TPSA) is 44.8 Å².